The summed E-state index contributed by atoms with van der Waals surface area (Å²) in [4.78, 5) is 3.97. The first-order chi connectivity index (χ1) is 12.3. The predicted octanol–water partition coefficient (Wildman–Crippen LogP) is 2.95. The van der Waals surface area contributed by atoms with E-state index in [1.165, 1.54) is 12.4 Å². The summed E-state index contributed by atoms with van der Waals surface area (Å²) < 4.78 is 67.4. The highest BCUT2D eigenvalue weighted by Gasteiger charge is 2.25. The van der Waals surface area contributed by atoms with E-state index in [1.54, 1.807) is 6.07 Å². The minimum Gasteiger partial charge on any atom is -0.397 e. The molecule has 0 radical (unpaired) electrons. The molecule has 0 unspecified atom stereocenters. The molecule has 3 aromatic rings. The molecule has 0 spiro atoms. The van der Waals surface area contributed by atoms with E-state index in [-0.39, 0.29) is 11.4 Å². The molecule has 0 fully saturated rings. The molecule has 3 rings (SSSR count). The number of fused-ring (bicyclic) bond motifs is 1. The first-order valence-electron chi connectivity index (χ1n) is 7.32. The number of nitrogens with one attached hydrogen (secondary N) is 1. The van der Waals surface area contributed by atoms with Gasteiger partial charge in [0, 0.05) is 40.3 Å². The number of halogens is 5. The van der Waals surface area contributed by atoms with Crippen LogP contribution in [0.4, 0.5) is 33.3 Å². The van der Waals surface area contributed by atoms with E-state index in [9.17, 15) is 22.0 Å². The van der Waals surface area contributed by atoms with Crippen molar-refractivity contribution >= 4 is 35.3 Å². The van der Waals surface area contributed by atoms with Crippen molar-refractivity contribution in [2.24, 2.45) is 0 Å². The maximum atomic E-state index is 13.8. The molecule has 1 aromatic heterocycles. The summed E-state index contributed by atoms with van der Waals surface area (Å²) in [6.07, 6.45) is 3.05. The Kier molecular flexibility index (Phi) is 4.27. The van der Waals surface area contributed by atoms with Crippen molar-refractivity contribution in [1.29, 1.82) is 0 Å². The Balaban J connectivity index is 2.10. The summed E-state index contributed by atoms with van der Waals surface area (Å²) in [5.41, 5.74) is 5.32. The Morgan fingerprint density at radius 1 is 0.885 bits per heavy atom. The zero-order valence-corrected chi connectivity index (χ0v) is 13.3. The summed E-state index contributed by atoms with van der Waals surface area (Å²) in [5, 5.41) is 4.66. The molecular weight excluding hydrogens is 353 g/mol. The maximum Gasteiger partial charge on any atom is 0.200 e. The van der Waals surface area contributed by atoms with Crippen LogP contribution in [0.1, 0.15) is 5.56 Å². The number of benzene rings is 2. The Bertz CT molecular complexity index is 1120. The molecule has 0 amide bonds. The number of aromatic nitrogens is 1. The van der Waals surface area contributed by atoms with Crippen LogP contribution in [-0.4, -0.2) is 4.98 Å². The molecule has 0 aliphatic rings. The molecule has 0 atom stereocenters. The summed E-state index contributed by atoms with van der Waals surface area (Å²) in [7, 11) is 0. The van der Waals surface area contributed by atoms with Gasteiger partial charge in [-0.05, 0) is 11.5 Å². The van der Waals surface area contributed by atoms with Crippen LogP contribution in [0.25, 0.3) is 23.9 Å². The molecule has 0 aliphatic carbocycles. The van der Waals surface area contributed by atoms with E-state index in [0.717, 1.165) is 0 Å². The van der Waals surface area contributed by atoms with Gasteiger partial charge in [-0.2, -0.15) is 0 Å². The van der Waals surface area contributed by atoms with Crippen molar-refractivity contribution in [3.8, 4) is 0 Å². The molecule has 8 heteroatoms. The Labute approximate surface area is 144 Å². The van der Waals surface area contributed by atoms with Gasteiger partial charge in [0.2, 0.25) is 5.82 Å². The number of hydrogen-bond acceptors (Lipinski definition) is 3. The highest BCUT2D eigenvalue weighted by Crippen LogP contribution is 2.24. The van der Waals surface area contributed by atoms with Gasteiger partial charge in [-0.3, -0.25) is 4.98 Å². The zero-order chi connectivity index (χ0) is 19.2. The largest absolute Gasteiger partial charge is 0.397 e. The smallest absolute Gasteiger partial charge is 0.200 e. The number of rotatable bonds is 3. The lowest BCUT2D eigenvalue weighted by Gasteiger charge is -2.14. The molecule has 3 N–H and O–H groups in total. The minimum absolute atomic E-state index is 0.151. The van der Waals surface area contributed by atoms with Crippen molar-refractivity contribution in [2.45, 2.75) is 6.54 Å². The number of nitrogens with two attached hydrogens (primary N) is 1. The lowest BCUT2D eigenvalue weighted by atomic mass is 10.0. The number of hydrogen-bond donors (Lipinski definition) is 2. The molecule has 26 heavy (non-hydrogen) atoms. The summed E-state index contributed by atoms with van der Waals surface area (Å²) in [5.74, 6) is -10.0. The normalized spacial score (nSPS) is 11.1. The fourth-order valence-electron chi connectivity index (χ4n) is 2.68. The third-order valence-corrected chi connectivity index (χ3v) is 4.11. The molecular formula is C18H12F5N3. The fourth-order valence-corrected chi connectivity index (χ4v) is 2.68. The minimum atomic E-state index is -2.21. The average molecular weight is 365 g/mol. The Hall–Kier alpha value is -3.16. The van der Waals surface area contributed by atoms with Gasteiger partial charge in [0.05, 0.1) is 11.4 Å². The van der Waals surface area contributed by atoms with Crippen molar-refractivity contribution in [2.75, 3.05) is 11.1 Å². The Morgan fingerprint density at radius 2 is 1.46 bits per heavy atom. The lowest BCUT2D eigenvalue weighted by Crippen LogP contribution is -2.22. The van der Waals surface area contributed by atoms with E-state index >= 15 is 0 Å². The predicted molar refractivity (Wildman–Crippen MR) is 90.0 cm³/mol. The van der Waals surface area contributed by atoms with Crippen molar-refractivity contribution in [3.05, 3.63) is 63.5 Å². The number of anilines is 2. The van der Waals surface area contributed by atoms with E-state index in [4.69, 9.17) is 5.73 Å². The number of pyridine rings is 1. The van der Waals surface area contributed by atoms with Crippen molar-refractivity contribution in [3.63, 3.8) is 0 Å². The van der Waals surface area contributed by atoms with Crippen LogP contribution in [0.2, 0.25) is 0 Å². The molecule has 1 heterocycles. The Morgan fingerprint density at radius 3 is 2.08 bits per heavy atom. The van der Waals surface area contributed by atoms with Crippen LogP contribution in [0.5, 0.6) is 0 Å². The first-order valence-corrected chi connectivity index (χ1v) is 7.32. The molecule has 0 saturated carbocycles. The molecule has 134 valence electrons. The molecule has 0 saturated heterocycles. The zero-order valence-electron chi connectivity index (χ0n) is 13.3. The monoisotopic (exact) mass is 365 g/mol. The first kappa shape index (κ1) is 17.7. The average Bonchev–Trinajstić information content (AvgIpc) is 2.65. The second-order valence-electron chi connectivity index (χ2n) is 5.57. The van der Waals surface area contributed by atoms with Crippen LogP contribution >= 0.6 is 0 Å². The van der Waals surface area contributed by atoms with Crippen LogP contribution in [0.3, 0.4) is 0 Å². The highest BCUT2D eigenvalue weighted by molar-refractivity contribution is 5.92. The molecule has 3 nitrogen and oxygen atoms in total. The van der Waals surface area contributed by atoms with E-state index < -0.39 is 41.2 Å². The van der Waals surface area contributed by atoms with Crippen LogP contribution in [0.15, 0.2) is 18.5 Å². The summed E-state index contributed by atoms with van der Waals surface area (Å²) >= 11 is 0. The van der Waals surface area contributed by atoms with Gasteiger partial charge in [0.25, 0.3) is 0 Å². The van der Waals surface area contributed by atoms with Gasteiger partial charge in [-0.25, -0.2) is 22.0 Å². The van der Waals surface area contributed by atoms with E-state index in [0.29, 0.717) is 21.2 Å². The standard InChI is InChI=1S/C18H12F5N3/c1-7-9-3-4-25-5-10(9)8(2)18(17(7)24)26-6-11-12(19)14(21)16(23)15(22)13(11)20/h3-5,26H,1-2,6,24H2. The van der Waals surface area contributed by atoms with Crippen molar-refractivity contribution in [1.82, 2.24) is 4.98 Å². The van der Waals surface area contributed by atoms with Crippen LogP contribution in [0, 0.1) is 29.1 Å². The van der Waals surface area contributed by atoms with Gasteiger partial charge in [0.15, 0.2) is 23.3 Å². The second-order valence-corrected chi connectivity index (χ2v) is 5.57. The lowest BCUT2D eigenvalue weighted by molar-refractivity contribution is 0.371. The third-order valence-electron chi connectivity index (χ3n) is 4.11. The molecule has 2 aromatic carbocycles. The summed E-state index contributed by atoms with van der Waals surface area (Å²) in [6.45, 7) is 7.00. The topological polar surface area (TPSA) is 50.9 Å². The second kappa shape index (κ2) is 6.29. The molecule has 0 aliphatic heterocycles. The third kappa shape index (κ3) is 2.54. The van der Waals surface area contributed by atoms with Crippen LogP contribution in [-0.2, 0) is 6.54 Å². The van der Waals surface area contributed by atoms with E-state index in [2.05, 4.69) is 23.5 Å². The maximum absolute atomic E-state index is 13.8. The van der Waals surface area contributed by atoms with E-state index in [1.807, 2.05) is 0 Å². The van der Waals surface area contributed by atoms with Crippen molar-refractivity contribution < 1.29 is 22.0 Å². The van der Waals surface area contributed by atoms with Crippen LogP contribution < -0.4 is 21.5 Å². The number of nitrogens with zero attached hydrogens (tertiary/aromatic N) is 1. The number of nitrogen functional groups attached to an aromatic ring is 1. The van der Waals surface area contributed by atoms with Gasteiger partial charge < -0.3 is 11.1 Å². The quantitative estimate of drug-likeness (QED) is 0.325. The highest BCUT2D eigenvalue weighted by atomic mass is 19.2. The van der Waals surface area contributed by atoms with Gasteiger partial charge in [0.1, 0.15) is 0 Å². The summed E-state index contributed by atoms with van der Waals surface area (Å²) in [6, 6.07) is 1.68. The van der Waals surface area contributed by atoms with Gasteiger partial charge in [-0.15, -0.1) is 0 Å². The SMILES string of the molecule is C=c1c(N)c(NCc2c(F)c(F)c(F)c(F)c2F)c(=C)c2cnccc12. The van der Waals surface area contributed by atoms with Gasteiger partial charge in [-0.1, -0.05) is 13.2 Å². The fraction of sp³-hybridized carbons (Fsp3) is 0.0556. The molecule has 0 bridgehead atoms. The van der Waals surface area contributed by atoms with Gasteiger partial charge >= 0.3 is 0 Å².